The van der Waals surface area contributed by atoms with Gasteiger partial charge in [0, 0.05) is 19.7 Å². The van der Waals surface area contributed by atoms with Crippen LogP contribution in [0, 0.1) is 17.2 Å². The van der Waals surface area contributed by atoms with E-state index >= 15 is 0 Å². The minimum atomic E-state index is 0.0128. The Kier molecular flexibility index (Phi) is 6.99. The van der Waals surface area contributed by atoms with Crippen molar-refractivity contribution >= 4 is 23.2 Å². The van der Waals surface area contributed by atoms with Gasteiger partial charge in [-0.05, 0) is 49.8 Å². The van der Waals surface area contributed by atoms with Crippen LogP contribution in [0.15, 0.2) is 36.7 Å². The van der Waals surface area contributed by atoms with Crippen molar-refractivity contribution in [1.82, 2.24) is 10.2 Å². The summed E-state index contributed by atoms with van der Waals surface area (Å²) in [5, 5.41) is 28.4. The second-order valence-electron chi connectivity index (χ2n) is 7.22. The van der Waals surface area contributed by atoms with Gasteiger partial charge in [0.1, 0.15) is 5.75 Å². The third kappa shape index (κ3) is 5.43. The molecule has 1 heterocycles. The molecule has 29 heavy (non-hydrogen) atoms. The van der Waals surface area contributed by atoms with Crippen molar-refractivity contribution in [3.8, 4) is 5.75 Å². The second kappa shape index (κ2) is 9.86. The molecule has 0 aliphatic heterocycles. The molecule has 0 saturated heterocycles. The number of nitrogens with two attached hydrogens (primary N) is 1. The van der Waals surface area contributed by atoms with Gasteiger partial charge < -0.3 is 20.1 Å². The molecule has 5 N–H and O–H groups in total. The lowest BCUT2D eigenvalue weighted by atomic mass is 9.82. The highest BCUT2D eigenvalue weighted by Gasteiger charge is 2.29. The predicted molar refractivity (Wildman–Crippen MR) is 113 cm³/mol. The van der Waals surface area contributed by atoms with Crippen molar-refractivity contribution in [1.29, 1.82) is 5.41 Å². The number of hydrogen-bond acceptors (Lipinski definition) is 7. The summed E-state index contributed by atoms with van der Waals surface area (Å²) in [4.78, 5) is 0. The molecule has 1 aromatic carbocycles. The van der Waals surface area contributed by atoms with E-state index in [1.165, 1.54) is 12.4 Å². The van der Waals surface area contributed by atoms with E-state index in [1.54, 1.807) is 13.2 Å². The number of aromatic nitrogens is 2. The van der Waals surface area contributed by atoms with Crippen molar-refractivity contribution in [3.05, 3.63) is 42.2 Å². The molecule has 8 heteroatoms. The van der Waals surface area contributed by atoms with E-state index in [1.807, 2.05) is 25.2 Å². The molecule has 8 nitrogen and oxygen atoms in total. The number of ether oxygens (including phenoxy) is 2. The van der Waals surface area contributed by atoms with E-state index in [2.05, 4.69) is 20.8 Å². The molecular weight excluding hydrogens is 368 g/mol. The van der Waals surface area contributed by atoms with Gasteiger partial charge in [-0.3, -0.25) is 5.41 Å². The average Bonchev–Trinajstić information content (AvgIpc) is 2.78. The highest BCUT2D eigenvalue weighted by atomic mass is 16.5. The fourth-order valence-electron chi connectivity index (χ4n) is 3.61. The van der Waals surface area contributed by atoms with Crippen LogP contribution in [-0.2, 0) is 4.74 Å². The van der Waals surface area contributed by atoms with Crippen LogP contribution in [0.2, 0.25) is 0 Å². The SMILES string of the molecule is CNc1ccc(OC)cc1NCC1CCC(C(=[NH2+])OC(=N)c2ccnnc2)CC1. The normalized spacial score (nSPS) is 18.6. The topological polar surface area (TPSA) is 118 Å². The lowest BCUT2D eigenvalue weighted by molar-refractivity contribution is -0.141. The van der Waals surface area contributed by atoms with Crippen LogP contribution >= 0.6 is 0 Å². The van der Waals surface area contributed by atoms with Gasteiger partial charge in [0.05, 0.1) is 42.4 Å². The Morgan fingerprint density at radius 1 is 1.17 bits per heavy atom. The number of nitrogens with one attached hydrogen (secondary N) is 3. The first-order valence-corrected chi connectivity index (χ1v) is 9.86. The summed E-state index contributed by atoms with van der Waals surface area (Å²) < 4.78 is 10.9. The first kappa shape index (κ1) is 20.6. The minimum Gasteiger partial charge on any atom is -0.497 e. The number of benzene rings is 1. The lowest BCUT2D eigenvalue weighted by Gasteiger charge is -2.27. The van der Waals surface area contributed by atoms with Gasteiger partial charge in [-0.15, -0.1) is 0 Å². The maximum atomic E-state index is 8.03. The van der Waals surface area contributed by atoms with Gasteiger partial charge in [0.25, 0.3) is 0 Å². The van der Waals surface area contributed by atoms with Gasteiger partial charge in [0.2, 0.25) is 5.90 Å². The Hall–Kier alpha value is -3.16. The molecule has 1 fully saturated rings. The van der Waals surface area contributed by atoms with Crippen molar-refractivity contribution in [2.75, 3.05) is 31.3 Å². The fraction of sp³-hybridized carbons (Fsp3) is 0.429. The van der Waals surface area contributed by atoms with Crippen LogP contribution in [0.1, 0.15) is 31.2 Å². The van der Waals surface area contributed by atoms with E-state index in [4.69, 9.17) is 20.3 Å². The van der Waals surface area contributed by atoms with E-state index in [-0.39, 0.29) is 11.8 Å². The summed E-state index contributed by atoms with van der Waals surface area (Å²) in [6.45, 7) is 0.897. The third-order valence-electron chi connectivity index (χ3n) is 5.39. The molecular formula is C21H29N6O2+. The van der Waals surface area contributed by atoms with Crippen molar-refractivity contribution < 1.29 is 14.9 Å². The summed E-state index contributed by atoms with van der Waals surface area (Å²) >= 11 is 0. The van der Waals surface area contributed by atoms with Crippen LogP contribution in [0.25, 0.3) is 0 Å². The van der Waals surface area contributed by atoms with Gasteiger partial charge in [-0.2, -0.15) is 10.2 Å². The summed E-state index contributed by atoms with van der Waals surface area (Å²) in [7, 11) is 3.59. The Balaban J connectivity index is 1.47. The second-order valence-corrected chi connectivity index (χ2v) is 7.22. The molecule has 0 spiro atoms. The Labute approximate surface area is 171 Å². The van der Waals surface area contributed by atoms with Crippen LogP contribution in [0.3, 0.4) is 0 Å². The van der Waals surface area contributed by atoms with E-state index in [9.17, 15) is 0 Å². The highest BCUT2D eigenvalue weighted by molar-refractivity contribution is 5.98. The van der Waals surface area contributed by atoms with Crippen molar-refractivity contribution in [2.45, 2.75) is 25.7 Å². The van der Waals surface area contributed by atoms with E-state index in [0.29, 0.717) is 17.4 Å². The molecule has 0 bridgehead atoms. The van der Waals surface area contributed by atoms with Crippen LogP contribution in [-0.4, -0.2) is 42.7 Å². The monoisotopic (exact) mass is 397 g/mol. The van der Waals surface area contributed by atoms with E-state index < -0.39 is 0 Å². The number of rotatable bonds is 7. The average molecular weight is 398 g/mol. The molecule has 1 aliphatic rings. The number of hydrogen-bond donors (Lipinski definition) is 4. The highest BCUT2D eigenvalue weighted by Crippen LogP contribution is 2.31. The first-order valence-electron chi connectivity index (χ1n) is 9.86. The number of nitrogens with zero attached hydrogens (tertiary/aromatic N) is 2. The minimum absolute atomic E-state index is 0.0128. The summed E-state index contributed by atoms with van der Waals surface area (Å²) in [5.74, 6) is 2.01. The molecule has 1 aliphatic carbocycles. The number of anilines is 2. The van der Waals surface area contributed by atoms with Crippen LogP contribution in [0.4, 0.5) is 11.4 Å². The Morgan fingerprint density at radius 3 is 2.62 bits per heavy atom. The van der Waals surface area contributed by atoms with E-state index in [0.717, 1.165) is 49.4 Å². The number of methoxy groups -OCH3 is 1. The standard InChI is InChI=1S/C21H28N6O2/c1-24-18-8-7-17(28-2)11-19(18)25-12-14-3-5-15(6-4-14)20(22)29-21(23)16-9-10-26-27-13-16/h7-11,13-15,22-25H,3-6,12H2,1-2H3/p+1. The molecule has 0 radical (unpaired) electrons. The predicted octanol–water partition coefficient (Wildman–Crippen LogP) is 1.94. The molecule has 3 rings (SSSR count). The van der Waals surface area contributed by atoms with Crippen LogP contribution < -0.4 is 20.8 Å². The van der Waals surface area contributed by atoms with Gasteiger partial charge in [-0.25, -0.2) is 5.41 Å². The summed E-state index contributed by atoms with van der Waals surface area (Å²) in [6, 6.07) is 7.65. The van der Waals surface area contributed by atoms with Crippen LogP contribution in [0.5, 0.6) is 5.75 Å². The quantitative estimate of drug-likeness (QED) is 0.419. The Morgan fingerprint density at radius 2 is 1.97 bits per heavy atom. The summed E-state index contributed by atoms with van der Waals surface area (Å²) in [6.07, 6.45) is 7.06. The van der Waals surface area contributed by atoms with Gasteiger partial charge >= 0.3 is 5.90 Å². The molecule has 154 valence electrons. The lowest BCUT2D eigenvalue weighted by Crippen LogP contribution is -2.48. The fourth-order valence-corrected chi connectivity index (χ4v) is 3.61. The van der Waals surface area contributed by atoms with Gasteiger partial charge in [0.15, 0.2) is 0 Å². The summed E-state index contributed by atoms with van der Waals surface area (Å²) in [5.41, 5.74) is 2.66. The zero-order valence-electron chi connectivity index (χ0n) is 16.9. The smallest absolute Gasteiger partial charge is 0.342 e. The molecule has 0 unspecified atom stereocenters. The molecule has 1 aromatic heterocycles. The zero-order chi connectivity index (χ0) is 20.6. The van der Waals surface area contributed by atoms with Crippen molar-refractivity contribution in [3.63, 3.8) is 0 Å². The Bertz CT molecular complexity index is 834. The zero-order valence-corrected chi connectivity index (χ0v) is 16.9. The third-order valence-corrected chi connectivity index (χ3v) is 5.39. The first-order chi connectivity index (χ1) is 14.1. The molecule has 2 aromatic rings. The van der Waals surface area contributed by atoms with Gasteiger partial charge in [-0.1, -0.05) is 0 Å². The molecule has 0 atom stereocenters. The largest absolute Gasteiger partial charge is 0.497 e. The molecule has 0 amide bonds. The maximum absolute atomic E-state index is 8.03. The molecule has 1 saturated carbocycles. The maximum Gasteiger partial charge on any atom is 0.342 e. The van der Waals surface area contributed by atoms with Crippen molar-refractivity contribution in [2.24, 2.45) is 11.8 Å².